The van der Waals surface area contributed by atoms with Crippen molar-refractivity contribution >= 4 is 45.0 Å². The van der Waals surface area contributed by atoms with Gasteiger partial charge in [0.1, 0.15) is 18.1 Å². The molecule has 0 unspecified atom stereocenters. The molecular weight excluding hydrogens is 463 g/mol. The number of ether oxygens (including phenoxy) is 1. The van der Waals surface area contributed by atoms with Gasteiger partial charge < -0.3 is 10.1 Å². The molecule has 31 heavy (non-hydrogen) atoms. The zero-order valence-electron chi connectivity index (χ0n) is 17.4. The van der Waals surface area contributed by atoms with Crippen LogP contribution in [0.3, 0.4) is 0 Å². The van der Waals surface area contributed by atoms with Crippen LogP contribution in [0.4, 0.5) is 10.1 Å². The number of halogens is 2. The van der Waals surface area contributed by atoms with E-state index < -0.39 is 15.9 Å². The largest absolute Gasteiger partial charge is 0.494 e. The van der Waals surface area contributed by atoms with Crippen LogP contribution in [-0.4, -0.2) is 46.0 Å². The Balaban J connectivity index is 1.86. The lowest BCUT2D eigenvalue weighted by Crippen LogP contribution is -2.41. The Hall–Kier alpha value is -1.97. The maximum absolute atomic E-state index is 13.8. The van der Waals surface area contributed by atoms with Gasteiger partial charge in [-0.2, -0.15) is 11.8 Å². The van der Waals surface area contributed by atoms with Gasteiger partial charge in [0.25, 0.3) is 0 Å². The van der Waals surface area contributed by atoms with Crippen molar-refractivity contribution < 1.29 is 22.3 Å². The van der Waals surface area contributed by atoms with Crippen LogP contribution in [0.1, 0.15) is 18.9 Å². The van der Waals surface area contributed by atoms with Crippen molar-refractivity contribution in [3.05, 3.63) is 58.9 Å². The number of carbonyl (C=O) groups excluding carboxylic acids is 1. The maximum Gasteiger partial charge on any atom is 0.240 e. The second-order valence-electron chi connectivity index (χ2n) is 6.71. The molecule has 1 amide bonds. The molecule has 170 valence electrons. The highest BCUT2D eigenvalue weighted by Crippen LogP contribution is 2.24. The first-order chi connectivity index (χ1) is 14.7. The minimum atomic E-state index is -3.65. The quantitative estimate of drug-likeness (QED) is 0.455. The summed E-state index contributed by atoms with van der Waals surface area (Å²) in [6.07, 6.45) is 1.92. The highest BCUT2D eigenvalue weighted by molar-refractivity contribution is 7.98. The zero-order chi connectivity index (χ0) is 22.9. The molecule has 0 spiro atoms. The van der Waals surface area contributed by atoms with E-state index in [0.717, 1.165) is 17.0 Å². The van der Waals surface area contributed by atoms with Gasteiger partial charge in [0, 0.05) is 28.6 Å². The van der Waals surface area contributed by atoms with E-state index >= 15 is 0 Å². The number of nitrogens with one attached hydrogen (secondary N) is 1. The van der Waals surface area contributed by atoms with Crippen molar-refractivity contribution in [1.29, 1.82) is 0 Å². The molecule has 0 saturated carbocycles. The lowest BCUT2D eigenvalue weighted by atomic mass is 10.2. The van der Waals surface area contributed by atoms with E-state index in [4.69, 9.17) is 16.3 Å². The molecule has 0 radical (unpaired) electrons. The highest BCUT2D eigenvalue weighted by Gasteiger charge is 2.20. The topological polar surface area (TPSA) is 75.7 Å². The molecular formula is C21H26ClFN2O4S2. The number of anilines is 1. The minimum Gasteiger partial charge on any atom is -0.494 e. The van der Waals surface area contributed by atoms with Gasteiger partial charge in [-0.1, -0.05) is 24.6 Å². The van der Waals surface area contributed by atoms with E-state index in [-0.39, 0.29) is 12.4 Å². The van der Waals surface area contributed by atoms with Crippen molar-refractivity contribution in [2.24, 2.45) is 0 Å². The molecule has 0 heterocycles. The van der Waals surface area contributed by atoms with Crippen LogP contribution in [-0.2, 0) is 20.6 Å². The molecule has 0 saturated heterocycles. The van der Waals surface area contributed by atoms with Crippen LogP contribution in [0.15, 0.2) is 42.5 Å². The average Bonchev–Trinajstić information content (AvgIpc) is 2.72. The second-order valence-corrected chi connectivity index (χ2v) is 10.1. The molecule has 1 N–H and O–H groups in total. The third kappa shape index (κ3) is 8.23. The number of thioether (sulfide) groups is 1. The molecule has 2 aromatic carbocycles. The minimum absolute atomic E-state index is 0.316. The summed E-state index contributed by atoms with van der Waals surface area (Å²) >= 11 is 7.41. The molecule has 0 atom stereocenters. The van der Waals surface area contributed by atoms with E-state index in [1.54, 1.807) is 36.4 Å². The number of hydrogen-bond donors (Lipinski definition) is 1. The third-order valence-corrected chi connectivity index (χ3v) is 6.64. The van der Waals surface area contributed by atoms with E-state index in [1.807, 2.05) is 6.92 Å². The Morgan fingerprint density at radius 1 is 1.23 bits per heavy atom. The highest BCUT2D eigenvalue weighted by atomic mass is 35.5. The fourth-order valence-electron chi connectivity index (χ4n) is 2.62. The molecule has 0 fully saturated rings. The van der Waals surface area contributed by atoms with E-state index in [0.29, 0.717) is 46.7 Å². The SMILES string of the molecule is CCCOc1ccc(N(CC(=O)NCCSCc2c(F)cccc2Cl)S(C)(=O)=O)cc1. The van der Waals surface area contributed by atoms with Gasteiger partial charge in [0.2, 0.25) is 15.9 Å². The number of rotatable bonds is 12. The summed E-state index contributed by atoms with van der Waals surface area (Å²) in [5, 5.41) is 3.06. The normalized spacial score (nSPS) is 11.2. The van der Waals surface area contributed by atoms with Gasteiger partial charge in [0.05, 0.1) is 18.6 Å². The Morgan fingerprint density at radius 3 is 2.55 bits per heavy atom. The summed E-state index contributed by atoms with van der Waals surface area (Å²) in [6, 6.07) is 11.1. The number of amides is 1. The van der Waals surface area contributed by atoms with Gasteiger partial charge in [-0.3, -0.25) is 9.10 Å². The Kier molecular flexibility index (Phi) is 9.93. The van der Waals surface area contributed by atoms with Crippen LogP contribution in [0.2, 0.25) is 5.02 Å². The van der Waals surface area contributed by atoms with E-state index in [2.05, 4.69) is 5.32 Å². The number of benzene rings is 2. The molecule has 0 bridgehead atoms. The van der Waals surface area contributed by atoms with Crippen molar-refractivity contribution in [3.8, 4) is 5.75 Å². The molecule has 10 heteroatoms. The first-order valence-corrected chi connectivity index (χ1v) is 13.1. The van der Waals surface area contributed by atoms with Crippen LogP contribution < -0.4 is 14.4 Å². The molecule has 0 aliphatic heterocycles. The lowest BCUT2D eigenvalue weighted by molar-refractivity contribution is -0.119. The van der Waals surface area contributed by atoms with E-state index in [9.17, 15) is 17.6 Å². The van der Waals surface area contributed by atoms with Gasteiger partial charge in [-0.05, 0) is 42.8 Å². The zero-order valence-corrected chi connectivity index (χ0v) is 19.8. The molecule has 2 aromatic rings. The Labute approximate surface area is 192 Å². The van der Waals surface area contributed by atoms with Crippen LogP contribution >= 0.6 is 23.4 Å². The van der Waals surface area contributed by atoms with Crippen LogP contribution in [0.5, 0.6) is 5.75 Å². The second kappa shape index (κ2) is 12.2. The number of carbonyl (C=O) groups is 1. The van der Waals surface area contributed by atoms with Gasteiger partial charge in [-0.15, -0.1) is 0 Å². The maximum atomic E-state index is 13.8. The van der Waals surface area contributed by atoms with Crippen LogP contribution in [0, 0.1) is 5.82 Å². The molecule has 2 rings (SSSR count). The van der Waals surface area contributed by atoms with Gasteiger partial charge >= 0.3 is 0 Å². The van der Waals surface area contributed by atoms with Crippen molar-refractivity contribution in [2.45, 2.75) is 19.1 Å². The Bertz CT molecular complexity index is 952. The van der Waals surface area contributed by atoms with Crippen molar-refractivity contribution in [2.75, 3.05) is 36.0 Å². The summed E-state index contributed by atoms with van der Waals surface area (Å²) in [4.78, 5) is 12.3. The van der Waals surface area contributed by atoms with E-state index in [1.165, 1.54) is 17.8 Å². The monoisotopic (exact) mass is 488 g/mol. The van der Waals surface area contributed by atoms with Crippen molar-refractivity contribution in [3.63, 3.8) is 0 Å². The molecule has 0 aliphatic rings. The summed E-state index contributed by atoms with van der Waals surface area (Å²) in [6.45, 7) is 2.54. The first kappa shape index (κ1) is 25.3. The summed E-state index contributed by atoms with van der Waals surface area (Å²) in [7, 11) is -3.65. The summed E-state index contributed by atoms with van der Waals surface area (Å²) in [5.74, 6) is 0.748. The fourth-order valence-corrected chi connectivity index (χ4v) is 4.68. The number of hydrogen-bond acceptors (Lipinski definition) is 5. The lowest BCUT2D eigenvalue weighted by Gasteiger charge is -2.22. The summed E-state index contributed by atoms with van der Waals surface area (Å²) in [5.41, 5.74) is 0.806. The predicted molar refractivity (Wildman–Crippen MR) is 125 cm³/mol. The first-order valence-electron chi connectivity index (χ1n) is 9.70. The Morgan fingerprint density at radius 2 is 1.94 bits per heavy atom. The smallest absolute Gasteiger partial charge is 0.240 e. The average molecular weight is 489 g/mol. The molecule has 0 aliphatic carbocycles. The number of sulfonamides is 1. The molecule has 0 aromatic heterocycles. The van der Waals surface area contributed by atoms with Crippen LogP contribution in [0.25, 0.3) is 0 Å². The molecule has 6 nitrogen and oxygen atoms in total. The van der Waals surface area contributed by atoms with Gasteiger partial charge in [0.15, 0.2) is 0 Å². The third-order valence-electron chi connectivity index (χ3n) is 4.16. The van der Waals surface area contributed by atoms with Gasteiger partial charge in [-0.25, -0.2) is 12.8 Å². The number of nitrogens with zero attached hydrogens (tertiary/aromatic N) is 1. The van der Waals surface area contributed by atoms with Crippen molar-refractivity contribution in [1.82, 2.24) is 5.32 Å². The standard InChI is InChI=1S/C21H26ClFN2O4S2/c1-3-12-29-17-9-7-16(8-10-17)25(31(2,27)28)14-21(26)24-11-13-30-15-18-19(22)5-4-6-20(18)23/h4-10H,3,11-15H2,1-2H3,(H,24,26). The summed E-state index contributed by atoms with van der Waals surface area (Å²) < 4.78 is 44.7. The predicted octanol–water partition coefficient (Wildman–Crippen LogP) is 4.08. The fraction of sp³-hybridized carbons (Fsp3) is 0.381.